The molecule has 3 nitrogen and oxygen atoms in total. The predicted molar refractivity (Wildman–Crippen MR) is 120 cm³/mol. The molecule has 0 radical (unpaired) electrons. The van der Waals surface area contributed by atoms with E-state index in [9.17, 15) is 4.79 Å². The number of likely N-dealkylation sites (tertiary alicyclic amines) is 1. The third-order valence-corrected chi connectivity index (χ3v) is 8.52. The largest absolute Gasteiger partial charge is 0.342 e. The van der Waals surface area contributed by atoms with Gasteiger partial charge in [-0.3, -0.25) is 4.79 Å². The van der Waals surface area contributed by atoms with E-state index in [2.05, 4.69) is 74.7 Å². The highest BCUT2D eigenvalue weighted by atomic mass is 79.9. The minimum atomic E-state index is 0.141. The first kappa shape index (κ1) is 19.3. The van der Waals surface area contributed by atoms with Crippen molar-refractivity contribution < 1.29 is 4.79 Å². The molecule has 0 bridgehead atoms. The molecule has 4 atom stereocenters. The number of halogens is 1. The number of fused-ring (bicyclic) bond motifs is 2. The topological polar surface area (TPSA) is 32.3 Å². The summed E-state index contributed by atoms with van der Waals surface area (Å²) in [5.41, 5.74) is 4.57. The highest BCUT2D eigenvalue weighted by Gasteiger charge is 2.51. The standard InChI is InChI=1S/C25H29BrN2O/c26-23-10-4-9-21-20(23)8-5-12-25(21)16-27-15-22(25)24-14-19(11-13-28(24)17-29)18-6-2-1-3-7-18/h1-4,6-7,9-10,17,19,22,24,27H,5,8,11-16H2/t19?,22-,24?,25-/m0/s1. The molecule has 1 amide bonds. The van der Waals surface area contributed by atoms with Crippen LogP contribution in [0.3, 0.4) is 0 Å². The van der Waals surface area contributed by atoms with Crippen LogP contribution in [0, 0.1) is 5.92 Å². The zero-order valence-electron chi connectivity index (χ0n) is 16.8. The summed E-state index contributed by atoms with van der Waals surface area (Å²) in [7, 11) is 0. The first-order valence-electron chi connectivity index (χ1n) is 11.0. The zero-order valence-corrected chi connectivity index (χ0v) is 18.4. The Kier molecular flexibility index (Phi) is 5.25. The first-order chi connectivity index (χ1) is 14.2. The van der Waals surface area contributed by atoms with Gasteiger partial charge in [0.05, 0.1) is 0 Å². The van der Waals surface area contributed by atoms with Crippen LogP contribution in [-0.4, -0.2) is 37.0 Å². The van der Waals surface area contributed by atoms with E-state index in [1.165, 1.54) is 34.0 Å². The van der Waals surface area contributed by atoms with E-state index in [0.29, 0.717) is 17.9 Å². The van der Waals surface area contributed by atoms with Gasteiger partial charge in [0, 0.05) is 41.5 Å². The molecule has 2 heterocycles. The molecule has 1 spiro atoms. The van der Waals surface area contributed by atoms with Crippen molar-refractivity contribution in [3.63, 3.8) is 0 Å². The predicted octanol–water partition coefficient (Wildman–Crippen LogP) is 4.65. The molecule has 2 unspecified atom stereocenters. The zero-order chi connectivity index (χ0) is 19.8. The van der Waals surface area contributed by atoms with E-state index in [0.717, 1.165) is 45.3 Å². The van der Waals surface area contributed by atoms with Gasteiger partial charge in [0.2, 0.25) is 6.41 Å². The molecule has 2 aromatic carbocycles. The molecular weight excluding hydrogens is 424 g/mol. The maximum atomic E-state index is 12.0. The van der Waals surface area contributed by atoms with E-state index >= 15 is 0 Å². The van der Waals surface area contributed by atoms with E-state index in [1.807, 2.05) is 0 Å². The molecule has 2 saturated heterocycles. The number of benzene rings is 2. The molecular formula is C25H29BrN2O. The summed E-state index contributed by atoms with van der Waals surface area (Å²) >= 11 is 3.81. The summed E-state index contributed by atoms with van der Waals surface area (Å²) in [4.78, 5) is 14.2. The van der Waals surface area contributed by atoms with Crippen LogP contribution < -0.4 is 5.32 Å². The van der Waals surface area contributed by atoms with E-state index in [1.54, 1.807) is 0 Å². The Labute approximate surface area is 182 Å². The van der Waals surface area contributed by atoms with Crippen molar-refractivity contribution in [1.82, 2.24) is 10.2 Å². The second-order valence-electron chi connectivity index (χ2n) is 9.06. The third kappa shape index (κ3) is 3.25. The highest BCUT2D eigenvalue weighted by Crippen LogP contribution is 2.50. The van der Waals surface area contributed by atoms with E-state index < -0.39 is 0 Å². The Balaban J connectivity index is 1.52. The van der Waals surface area contributed by atoms with Crippen molar-refractivity contribution in [2.45, 2.75) is 49.5 Å². The van der Waals surface area contributed by atoms with Crippen LogP contribution in [0.2, 0.25) is 0 Å². The maximum absolute atomic E-state index is 12.0. The molecule has 29 heavy (non-hydrogen) atoms. The second-order valence-corrected chi connectivity index (χ2v) is 9.91. The van der Waals surface area contributed by atoms with Gasteiger partial charge in [-0.2, -0.15) is 0 Å². The minimum Gasteiger partial charge on any atom is -0.342 e. The number of carbonyl (C=O) groups is 1. The van der Waals surface area contributed by atoms with E-state index in [4.69, 9.17) is 0 Å². The molecule has 0 aromatic heterocycles. The number of piperidine rings is 1. The molecule has 1 N–H and O–H groups in total. The van der Waals surface area contributed by atoms with Crippen LogP contribution >= 0.6 is 15.9 Å². The highest BCUT2D eigenvalue weighted by molar-refractivity contribution is 9.10. The van der Waals surface area contributed by atoms with Gasteiger partial charge in [-0.05, 0) is 60.8 Å². The number of amides is 1. The van der Waals surface area contributed by atoms with Gasteiger partial charge < -0.3 is 10.2 Å². The Bertz CT molecular complexity index is 886. The van der Waals surface area contributed by atoms with Crippen molar-refractivity contribution in [2.75, 3.05) is 19.6 Å². The maximum Gasteiger partial charge on any atom is 0.209 e. The molecule has 2 aliphatic heterocycles. The first-order valence-corrected chi connectivity index (χ1v) is 11.8. The van der Waals surface area contributed by atoms with Gasteiger partial charge in [0.25, 0.3) is 0 Å². The molecule has 1 aliphatic carbocycles. The van der Waals surface area contributed by atoms with Gasteiger partial charge in [-0.25, -0.2) is 0 Å². The summed E-state index contributed by atoms with van der Waals surface area (Å²) in [6.45, 7) is 2.90. The fourth-order valence-electron chi connectivity index (χ4n) is 6.41. The fourth-order valence-corrected chi connectivity index (χ4v) is 6.98. The lowest BCUT2D eigenvalue weighted by Gasteiger charge is -2.48. The average molecular weight is 453 g/mol. The molecule has 3 aliphatic rings. The van der Waals surface area contributed by atoms with Crippen LogP contribution in [-0.2, 0) is 16.6 Å². The monoisotopic (exact) mass is 452 g/mol. The molecule has 5 rings (SSSR count). The Morgan fingerprint density at radius 2 is 2.00 bits per heavy atom. The summed E-state index contributed by atoms with van der Waals surface area (Å²) < 4.78 is 1.25. The smallest absolute Gasteiger partial charge is 0.209 e. The normalized spacial score (nSPS) is 31.6. The quantitative estimate of drug-likeness (QED) is 0.687. The van der Waals surface area contributed by atoms with Gasteiger partial charge in [0.15, 0.2) is 0 Å². The summed E-state index contributed by atoms with van der Waals surface area (Å²) in [5, 5.41) is 3.73. The minimum absolute atomic E-state index is 0.141. The fraction of sp³-hybridized carbons (Fsp3) is 0.480. The Morgan fingerprint density at radius 3 is 2.83 bits per heavy atom. The van der Waals surface area contributed by atoms with Crippen molar-refractivity contribution >= 4 is 22.3 Å². The lowest BCUT2D eigenvalue weighted by Crippen LogP contribution is -2.52. The summed E-state index contributed by atoms with van der Waals surface area (Å²) in [6, 6.07) is 17.9. The molecule has 0 saturated carbocycles. The lowest BCUT2D eigenvalue weighted by atomic mass is 9.61. The number of nitrogens with zero attached hydrogens (tertiary/aromatic N) is 1. The summed E-state index contributed by atoms with van der Waals surface area (Å²) in [6.07, 6.45) is 6.84. The van der Waals surface area contributed by atoms with Crippen LogP contribution in [0.15, 0.2) is 53.0 Å². The van der Waals surface area contributed by atoms with E-state index in [-0.39, 0.29) is 5.41 Å². The van der Waals surface area contributed by atoms with Crippen LogP contribution in [0.5, 0.6) is 0 Å². The van der Waals surface area contributed by atoms with Gasteiger partial charge in [-0.1, -0.05) is 58.4 Å². The van der Waals surface area contributed by atoms with Crippen molar-refractivity contribution in [1.29, 1.82) is 0 Å². The molecule has 152 valence electrons. The van der Waals surface area contributed by atoms with Gasteiger partial charge >= 0.3 is 0 Å². The van der Waals surface area contributed by atoms with Crippen LogP contribution in [0.25, 0.3) is 0 Å². The summed E-state index contributed by atoms with van der Waals surface area (Å²) in [5.74, 6) is 1.01. The van der Waals surface area contributed by atoms with Crippen molar-refractivity contribution in [2.24, 2.45) is 5.92 Å². The number of carbonyl (C=O) groups excluding carboxylic acids is 1. The molecule has 2 aromatic rings. The van der Waals surface area contributed by atoms with Crippen molar-refractivity contribution in [3.05, 3.63) is 69.7 Å². The number of hydrogen-bond donors (Lipinski definition) is 1. The third-order valence-electron chi connectivity index (χ3n) is 7.78. The van der Waals surface area contributed by atoms with Crippen LogP contribution in [0.1, 0.15) is 48.3 Å². The second kappa shape index (κ2) is 7.88. The average Bonchev–Trinajstić information content (AvgIpc) is 3.18. The lowest BCUT2D eigenvalue weighted by molar-refractivity contribution is -0.123. The Hall–Kier alpha value is -1.65. The van der Waals surface area contributed by atoms with Crippen molar-refractivity contribution in [3.8, 4) is 0 Å². The SMILES string of the molecule is O=CN1CCC(c2ccccc2)CC1[C@@H]1CNC[C@]12CCCc1c(Br)cccc12. The number of hydrogen-bond acceptors (Lipinski definition) is 2. The molecule has 2 fully saturated rings. The van der Waals surface area contributed by atoms with Crippen LogP contribution in [0.4, 0.5) is 0 Å². The van der Waals surface area contributed by atoms with Gasteiger partial charge in [-0.15, -0.1) is 0 Å². The Morgan fingerprint density at radius 1 is 1.14 bits per heavy atom. The van der Waals surface area contributed by atoms with Gasteiger partial charge in [0.1, 0.15) is 0 Å². The molecule has 4 heteroatoms. The number of nitrogens with one attached hydrogen (secondary N) is 1. The number of rotatable bonds is 3.